The minimum absolute atomic E-state index is 0.0742. The lowest BCUT2D eigenvalue weighted by atomic mass is 9.48. The minimum atomic E-state index is -0.630. The van der Waals surface area contributed by atoms with Crippen LogP contribution >= 0.6 is 0 Å². The van der Waals surface area contributed by atoms with Crippen molar-refractivity contribution in [3.63, 3.8) is 0 Å². The van der Waals surface area contributed by atoms with Crippen LogP contribution in [0, 0.1) is 40.2 Å². The number of benzene rings is 1. The monoisotopic (exact) mass is 425 g/mol. The Kier molecular flexibility index (Phi) is 4.55. The summed E-state index contributed by atoms with van der Waals surface area (Å²) in [6.45, 7) is 4.36. The molecule has 1 heterocycles. The summed E-state index contributed by atoms with van der Waals surface area (Å²) in [5.74, 6) is 0.0206. The number of nitrogens with zero attached hydrogens (tertiary/aromatic N) is 1. The number of Topliss-reactive ketones (excluding diaryl/α,β-unsaturated/α-hetero) is 1. The quantitative estimate of drug-likeness (QED) is 0.583. The van der Waals surface area contributed by atoms with E-state index in [1.165, 1.54) is 12.1 Å². The number of carbonyl (C=O) groups is 2. The number of halogens is 2. The lowest BCUT2D eigenvalue weighted by molar-refractivity contribution is -0.141. The van der Waals surface area contributed by atoms with Crippen LogP contribution in [0.15, 0.2) is 35.9 Å². The zero-order valence-electron chi connectivity index (χ0n) is 18.3. The molecule has 0 bridgehead atoms. The average Bonchev–Trinajstić information content (AvgIpc) is 2.95. The van der Waals surface area contributed by atoms with E-state index in [2.05, 4.69) is 19.9 Å². The van der Waals surface area contributed by atoms with Gasteiger partial charge in [-0.3, -0.25) is 9.59 Å². The molecule has 3 nitrogen and oxygen atoms in total. The zero-order valence-corrected chi connectivity index (χ0v) is 18.3. The molecule has 0 aromatic heterocycles. The SMILES string of the molecule is CN1C(=O)C=C[C@]2(C)[C@H]3CC[C@]4(C)C(=O)C(=Cc5cc(F)cc(F)c5)C[C@H]4[C@@H]3CC[C@@H]12. The van der Waals surface area contributed by atoms with Crippen LogP contribution in [0.3, 0.4) is 0 Å². The van der Waals surface area contributed by atoms with Crippen LogP contribution in [0.1, 0.15) is 51.5 Å². The summed E-state index contributed by atoms with van der Waals surface area (Å²) >= 11 is 0. The number of allylic oxidation sites excluding steroid dienone is 1. The van der Waals surface area contributed by atoms with Gasteiger partial charge in [0.15, 0.2) is 5.78 Å². The van der Waals surface area contributed by atoms with Crippen molar-refractivity contribution < 1.29 is 18.4 Å². The molecule has 1 aromatic carbocycles. The van der Waals surface area contributed by atoms with Crippen molar-refractivity contribution in [2.75, 3.05) is 7.05 Å². The number of amides is 1. The van der Waals surface area contributed by atoms with Gasteiger partial charge in [-0.15, -0.1) is 0 Å². The van der Waals surface area contributed by atoms with Gasteiger partial charge in [-0.2, -0.15) is 0 Å². The average molecular weight is 426 g/mol. The molecule has 4 aliphatic rings. The molecule has 5 heteroatoms. The summed E-state index contributed by atoms with van der Waals surface area (Å²) in [6.07, 6.45) is 9.93. The van der Waals surface area contributed by atoms with Gasteiger partial charge in [-0.1, -0.05) is 19.9 Å². The van der Waals surface area contributed by atoms with Crippen LogP contribution in [0.5, 0.6) is 0 Å². The zero-order chi connectivity index (χ0) is 22.1. The summed E-state index contributed by atoms with van der Waals surface area (Å²) in [5, 5.41) is 0. The van der Waals surface area contributed by atoms with Gasteiger partial charge < -0.3 is 4.90 Å². The lowest BCUT2D eigenvalue weighted by Gasteiger charge is -2.59. The first-order valence-corrected chi connectivity index (χ1v) is 11.3. The molecule has 0 saturated heterocycles. The molecule has 164 valence electrons. The Morgan fingerprint density at radius 2 is 1.74 bits per heavy atom. The third-order valence-corrected chi connectivity index (χ3v) is 8.99. The second-order valence-electron chi connectivity index (χ2n) is 10.5. The van der Waals surface area contributed by atoms with Crippen LogP contribution in [-0.4, -0.2) is 29.7 Å². The molecule has 0 radical (unpaired) electrons. The Balaban J connectivity index is 1.49. The maximum Gasteiger partial charge on any atom is 0.246 e. The van der Waals surface area contributed by atoms with Crippen LogP contribution in [-0.2, 0) is 9.59 Å². The molecular formula is C26H29F2NO2. The molecule has 6 atom stereocenters. The van der Waals surface area contributed by atoms with Gasteiger partial charge >= 0.3 is 0 Å². The largest absolute Gasteiger partial charge is 0.338 e. The highest BCUT2D eigenvalue weighted by Gasteiger charge is 2.61. The molecule has 0 unspecified atom stereocenters. The van der Waals surface area contributed by atoms with Gasteiger partial charge in [0.05, 0.1) is 0 Å². The number of hydrogen-bond acceptors (Lipinski definition) is 2. The molecule has 1 amide bonds. The van der Waals surface area contributed by atoms with Crippen LogP contribution < -0.4 is 0 Å². The van der Waals surface area contributed by atoms with Crippen molar-refractivity contribution in [2.45, 2.75) is 52.0 Å². The van der Waals surface area contributed by atoms with Gasteiger partial charge in [0.25, 0.3) is 0 Å². The maximum atomic E-state index is 13.7. The Morgan fingerprint density at radius 3 is 2.45 bits per heavy atom. The van der Waals surface area contributed by atoms with E-state index in [-0.39, 0.29) is 29.1 Å². The Bertz CT molecular complexity index is 1010. The molecular weight excluding hydrogens is 396 g/mol. The molecule has 0 N–H and O–H groups in total. The van der Waals surface area contributed by atoms with E-state index < -0.39 is 17.0 Å². The number of hydrogen-bond donors (Lipinski definition) is 0. The van der Waals surface area contributed by atoms with E-state index in [4.69, 9.17) is 0 Å². The fraction of sp³-hybridized carbons (Fsp3) is 0.538. The predicted octanol–water partition coefficient (Wildman–Crippen LogP) is 5.17. The second-order valence-corrected chi connectivity index (χ2v) is 10.5. The van der Waals surface area contributed by atoms with E-state index in [9.17, 15) is 18.4 Å². The summed E-state index contributed by atoms with van der Waals surface area (Å²) in [6, 6.07) is 3.62. The van der Waals surface area contributed by atoms with Crippen molar-refractivity contribution >= 4 is 17.8 Å². The number of fused-ring (bicyclic) bond motifs is 5. The van der Waals surface area contributed by atoms with Crippen molar-refractivity contribution in [1.29, 1.82) is 0 Å². The van der Waals surface area contributed by atoms with Crippen molar-refractivity contribution in [3.05, 3.63) is 53.1 Å². The van der Waals surface area contributed by atoms with Crippen molar-refractivity contribution in [1.82, 2.24) is 4.90 Å². The number of likely N-dealkylation sites (N-methyl/N-ethyl adjacent to an activating group) is 1. The second kappa shape index (κ2) is 6.85. The molecule has 3 fully saturated rings. The smallest absolute Gasteiger partial charge is 0.246 e. The van der Waals surface area contributed by atoms with Crippen molar-refractivity contribution in [2.24, 2.45) is 28.6 Å². The molecule has 1 aliphatic heterocycles. The van der Waals surface area contributed by atoms with Crippen LogP contribution in [0.25, 0.3) is 6.08 Å². The Hall–Kier alpha value is -2.30. The summed E-state index contributed by atoms with van der Waals surface area (Å²) in [4.78, 5) is 27.6. The first-order chi connectivity index (χ1) is 14.6. The van der Waals surface area contributed by atoms with E-state index in [0.717, 1.165) is 31.7 Å². The number of ketones is 1. The fourth-order valence-corrected chi connectivity index (χ4v) is 7.40. The van der Waals surface area contributed by atoms with Gasteiger partial charge in [0, 0.05) is 30.0 Å². The number of carbonyl (C=O) groups excluding carboxylic acids is 2. The van der Waals surface area contributed by atoms with Gasteiger partial charge in [-0.05, 0) is 85.3 Å². The maximum absolute atomic E-state index is 13.7. The lowest BCUT2D eigenvalue weighted by Crippen LogP contribution is -2.59. The molecule has 31 heavy (non-hydrogen) atoms. The minimum Gasteiger partial charge on any atom is -0.338 e. The van der Waals surface area contributed by atoms with E-state index >= 15 is 0 Å². The molecule has 1 aromatic rings. The molecule has 0 spiro atoms. The van der Waals surface area contributed by atoms with Gasteiger partial charge in [0.2, 0.25) is 5.91 Å². The standard InChI is InChI=1S/C26H29F2NO2/c1-25-9-7-23(30)29(3)22(25)5-4-19-20(25)6-8-26(2)21(19)13-16(24(26)31)10-15-11-17(27)14-18(28)12-15/h7,9-12,14,19-22H,4-6,8,13H2,1-3H3/t19-,20+,21+,22-,25-,26+/m1/s1. The summed E-state index contributed by atoms with van der Waals surface area (Å²) in [5.41, 5.74) is 0.610. The van der Waals surface area contributed by atoms with E-state index in [0.29, 0.717) is 29.4 Å². The normalized spacial score (nSPS) is 40.7. The van der Waals surface area contributed by atoms with Crippen LogP contribution in [0.4, 0.5) is 8.78 Å². The van der Waals surface area contributed by atoms with Crippen LogP contribution in [0.2, 0.25) is 0 Å². The first kappa shape index (κ1) is 20.6. The summed E-state index contributed by atoms with van der Waals surface area (Å²) < 4.78 is 27.3. The highest BCUT2D eigenvalue weighted by atomic mass is 19.1. The van der Waals surface area contributed by atoms with E-state index in [1.54, 1.807) is 12.2 Å². The first-order valence-electron chi connectivity index (χ1n) is 11.3. The topological polar surface area (TPSA) is 37.4 Å². The molecule has 3 aliphatic carbocycles. The Labute approximate surface area is 182 Å². The fourth-order valence-electron chi connectivity index (χ4n) is 7.40. The highest BCUT2D eigenvalue weighted by Crippen LogP contribution is 2.63. The van der Waals surface area contributed by atoms with E-state index in [1.807, 2.05) is 11.9 Å². The predicted molar refractivity (Wildman–Crippen MR) is 115 cm³/mol. The highest BCUT2D eigenvalue weighted by molar-refractivity contribution is 6.06. The summed E-state index contributed by atoms with van der Waals surface area (Å²) in [7, 11) is 1.90. The van der Waals surface area contributed by atoms with Crippen molar-refractivity contribution in [3.8, 4) is 0 Å². The number of rotatable bonds is 1. The van der Waals surface area contributed by atoms with Gasteiger partial charge in [0.1, 0.15) is 11.6 Å². The third-order valence-electron chi connectivity index (χ3n) is 8.99. The van der Waals surface area contributed by atoms with Gasteiger partial charge in [-0.25, -0.2) is 8.78 Å². The Morgan fingerprint density at radius 1 is 1.03 bits per heavy atom. The molecule has 3 saturated carbocycles. The third kappa shape index (κ3) is 2.95. The molecule has 5 rings (SSSR count).